The molecule has 0 aromatic carbocycles. The number of rotatable bonds is 67. The third-order valence-corrected chi connectivity index (χ3v) is 16.4. The summed E-state index contributed by atoms with van der Waals surface area (Å²) >= 11 is 0. The molecule has 0 rings (SSSR count). The highest BCUT2D eigenvalue weighted by molar-refractivity contribution is 5.71. The summed E-state index contributed by atoms with van der Waals surface area (Å²) in [5.41, 5.74) is 0. The van der Waals surface area contributed by atoms with Gasteiger partial charge in [0.1, 0.15) is 13.2 Å². The Labute approximate surface area is 499 Å². The van der Waals surface area contributed by atoms with Gasteiger partial charge in [-0.15, -0.1) is 0 Å². The van der Waals surface area contributed by atoms with Gasteiger partial charge in [-0.3, -0.25) is 14.4 Å². The first-order valence-electron chi connectivity index (χ1n) is 36.0. The van der Waals surface area contributed by atoms with Crippen LogP contribution in [0.2, 0.25) is 0 Å². The Kier molecular flexibility index (Phi) is 67.1. The minimum atomic E-state index is -0.770. The highest BCUT2D eigenvalue weighted by Gasteiger charge is 2.19. The SMILES string of the molecule is CCCCCCC/C=C\C/C=C\CCCCCCCCCCCCCCCCCCCCCCCCCC(=O)OCC(COC(=O)CCCCCCCCCCCC)OC(=O)CCCCCCCCC/C=C\CCCCCCCC. The second-order valence-corrected chi connectivity index (χ2v) is 24.5. The van der Waals surface area contributed by atoms with Crippen LogP contribution in [0.15, 0.2) is 36.5 Å². The fourth-order valence-corrected chi connectivity index (χ4v) is 10.9. The zero-order chi connectivity index (χ0) is 57.8. The van der Waals surface area contributed by atoms with E-state index in [1.165, 1.54) is 295 Å². The highest BCUT2D eigenvalue weighted by atomic mass is 16.6. The molecule has 1 unspecified atom stereocenters. The summed E-state index contributed by atoms with van der Waals surface area (Å²) in [5.74, 6) is -0.846. The number of carbonyl (C=O) groups excluding carboxylic acids is 3. The Morgan fingerprint density at radius 1 is 0.250 bits per heavy atom. The van der Waals surface area contributed by atoms with Crippen LogP contribution in [-0.4, -0.2) is 37.2 Å². The predicted octanol–water partition coefficient (Wildman–Crippen LogP) is 24.7. The van der Waals surface area contributed by atoms with Crippen LogP contribution in [0.4, 0.5) is 0 Å². The van der Waals surface area contributed by atoms with E-state index in [0.717, 1.165) is 64.2 Å². The Balaban J connectivity index is 4.01. The molecule has 0 aromatic rings. The second kappa shape index (κ2) is 69.1. The lowest BCUT2D eigenvalue weighted by molar-refractivity contribution is -0.167. The maximum Gasteiger partial charge on any atom is 0.306 e. The van der Waals surface area contributed by atoms with Crippen LogP contribution in [-0.2, 0) is 28.6 Å². The minimum Gasteiger partial charge on any atom is -0.462 e. The van der Waals surface area contributed by atoms with Crippen LogP contribution >= 0.6 is 0 Å². The van der Waals surface area contributed by atoms with E-state index in [9.17, 15) is 14.4 Å². The zero-order valence-corrected chi connectivity index (χ0v) is 54.1. The predicted molar refractivity (Wildman–Crippen MR) is 349 cm³/mol. The van der Waals surface area contributed by atoms with E-state index in [1.807, 2.05) is 0 Å². The number of hydrogen-bond acceptors (Lipinski definition) is 6. The maximum absolute atomic E-state index is 12.9. The van der Waals surface area contributed by atoms with Crippen molar-refractivity contribution in [3.8, 4) is 0 Å². The number of hydrogen-bond donors (Lipinski definition) is 0. The van der Waals surface area contributed by atoms with Crippen LogP contribution in [0, 0.1) is 0 Å². The number of ether oxygens (including phenoxy) is 3. The van der Waals surface area contributed by atoms with Gasteiger partial charge in [-0.1, -0.05) is 340 Å². The van der Waals surface area contributed by atoms with Crippen molar-refractivity contribution in [3.63, 3.8) is 0 Å². The Bertz CT molecular complexity index is 1340. The molecule has 0 aliphatic heterocycles. The Morgan fingerprint density at radius 3 is 0.700 bits per heavy atom. The molecule has 0 bridgehead atoms. The first-order chi connectivity index (χ1) is 39.5. The van der Waals surface area contributed by atoms with Gasteiger partial charge in [0.25, 0.3) is 0 Å². The summed E-state index contributed by atoms with van der Waals surface area (Å²) in [7, 11) is 0. The number of carbonyl (C=O) groups is 3. The zero-order valence-electron chi connectivity index (χ0n) is 54.1. The van der Waals surface area contributed by atoms with Gasteiger partial charge in [0.2, 0.25) is 0 Å². The molecular weight excluding hydrogens is 985 g/mol. The molecule has 0 amide bonds. The van der Waals surface area contributed by atoms with Crippen molar-refractivity contribution in [2.24, 2.45) is 0 Å². The average molecular weight is 1120 g/mol. The highest BCUT2D eigenvalue weighted by Crippen LogP contribution is 2.18. The summed E-state index contributed by atoms with van der Waals surface area (Å²) in [5, 5.41) is 0. The average Bonchev–Trinajstić information content (AvgIpc) is 3.46. The molecule has 0 aliphatic rings. The monoisotopic (exact) mass is 1120 g/mol. The van der Waals surface area contributed by atoms with Crippen LogP contribution < -0.4 is 0 Å². The van der Waals surface area contributed by atoms with Gasteiger partial charge in [-0.2, -0.15) is 0 Å². The van der Waals surface area contributed by atoms with Gasteiger partial charge in [0, 0.05) is 19.3 Å². The standard InChI is InChI=1S/C74H138O6/c1-4-7-10-13-16-19-22-24-26-28-29-30-31-32-33-34-35-36-37-38-39-40-41-42-43-44-45-47-48-50-52-55-58-61-64-67-73(76)79-70-71(69-78-72(75)66-63-60-57-54-21-18-15-12-9-6-3)80-74(77)68-65-62-59-56-53-51-49-46-27-25-23-20-17-14-11-8-5-2/h22,24-25,27-29,71H,4-21,23,26,30-70H2,1-3H3/b24-22-,27-25-,29-28-. The van der Waals surface area contributed by atoms with Crippen molar-refractivity contribution in [2.75, 3.05) is 13.2 Å². The molecule has 0 heterocycles. The summed E-state index contributed by atoms with van der Waals surface area (Å²) < 4.78 is 16.9. The molecular formula is C74H138O6. The van der Waals surface area contributed by atoms with Crippen LogP contribution in [0.5, 0.6) is 0 Å². The molecule has 0 aromatic heterocycles. The maximum atomic E-state index is 12.9. The summed E-state index contributed by atoms with van der Waals surface area (Å²) in [6.07, 6.45) is 86.3. The smallest absolute Gasteiger partial charge is 0.306 e. The summed E-state index contributed by atoms with van der Waals surface area (Å²) in [6.45, 7) is 6.67. The van der Waals surface area contributed by atoms with Crippen molar-refractivity contribution in [1.29, 1.82) is 0 Å². The van der Waals surface area contributed by atoms with Crippen molar-refractivity contribution in [2.45, 2.75) is 406 Å². The molecule has 0 radical (unpaired) electrons. The van der Waals surface area contributed by atoms with Crippen molar-refractivity contribution in [1.82, 2.24) is 0 Å². The van der Waals surface area contributed by atoms with Gasteiger partial charge < -0.3 is 14.2 Å². The van der Waals surface area contributed by atoms with Crippen LogP contribution in [0.25, 0.3) is 0 Å². The number of unbranched alkanes of at least 4 members (excludes halogenated alkanes) is 50. The molecule has 0 aliphatic carbocycles. The Morgan fingerprint density at radius 2 is 0.450 bits per heavy atom. The first-order valence-corrected chi connectivity index (χ1v) is 36.0. The van der Waals surface area contributed by atoms with Crippen LogP contribution in [0.3, 0.4) is 0 Å². The van der Waals surface area contributed by atoms with Gasteiger partial charge in [-0.25, -0.2) is 0 Å². The lowest BCUT2D eigenvalue weighted by atomic mass is 10.0. The molecule has 470 valence electrons. The van der Waals surface area contributed by atoms with E-state index in [4.69, 9.17) is 14.2 Å². The minimum absolute atomic E-state index is 0.0675. The largest absolute Gasteiger partial charge is 0.462 e. The van der Waals surface area contributed by atoms with Gasteiger partial charge >= 0.3 is 17.9 Å². The number of allylic oxidation sites excluding steroid dienone is 6. The normalized spacial score (nSPS) is 12.2. The quantitative estimate of drug-likeness (QED) is 0.0261. The van der Waals surface area contributed by atoms with E-state index >= 15 is 0 Å². The second-order valence-electron chi connectivity index (χ2n) is 24.5. The molecule has 0 fully saturated rings. The summed E-state index contributed by atoms with van der Waals surface area (Å²) in [6, 6.07) is 0. The lowest BCUT2D eigenvalue weighted by Crippen LogP contribution is -2.30. The lowest BCUT2D eigenvalue weighted by Gasteiger charge is -2.18. The van der Waals surface area contributed by atoms with E-state index < -0.39 is 6.10 Å². The third-order valence-electron chi connectivity index (χ3n) is 16.4. The summed E-state index contributed by atoms with van der Waals surface area (Å²) in [4.78, 5) is 38.3. The van der Waals surface area contributed by atoms with Gasteiger partial charge in [-0.05, 0) is 77.0 Å². The molecule has 0 spiro atoms. The fourth-order valence-electron chi connectivity index (χ4n) is 10.9. The van der Waals surface area contributed by atoms with Crippen LogP contribution in [0.1, 0.15) is 400 Å². The first kappa shape index (κ1) is 77.6. The van der Waals surface area contributed by atoms with Gasteiger partial charge in [0.05, 0.1) is 0 Å². The van der Waals surface area contributed by atoms with Crippen molar-refractivity contribution in [3.05, 3.63) is 36.5 Å². The topological polar surface area (TPSA) is 78.9 Å². The van der Waals surface area contributed by atoms with E-state index in [-0.39, 0.29) is 31.1 Å². The molecule has 1 atom stereocenters. The molecule has 6 nitrogen and oxygen atoms in total. The fraction of sp³-hybridized carbons (Fsp3) is 0.878. The van der Waals surface area contributed by atoms with Crippen molar-refractivity contribution < 1.29 is 28.6 Å². The van der Waals surface area contributed by atoms with Gasteiger partial charge in [0.15, 0.2) is 6.10 Å². The molecule has 0 saturated heterocycles. The van der Waals surface area contributed by atoms with Crippen molar-refractivity contribution >= 4 is 17.9 Å². The molecule has 0 N–H and O–H groups in total. The third kappa shape index (κ3) is 66.4. The van der Waals surface area contributed by atoms with E-state index in [1.54, 1.807) is 0 Å². The molecule has 6 heteroatoms. The molecule has 80 heavy (non-hydrogen) atoms. The molecule has 0 saturated carbocycles. The Hall–Kier alpha value is -2.37. The van der Waals surface area contributed by atoms with E-state index in [2.05, 4.69) is 57.2 Å². The van der Waals surface area contributed by atoms with E-state index in [0.29, 0.717) is 19.3 Å². The number of esters is 3.